The Labute approximate surface area is 166 Å². The van der Waals surface area contributed by atoms with E-state index in [4.69, 9.17) is 4.74 Å². The summed E-state index contributed by atoms with van der Waals surface area (Å²) in [6.07, 6.45) is -0.681. The standard InChI is InChI=1S/C15H10O6S2.Na/c16-10(17)1-2-11(18)21-6-7-5-9-12(19)8-3-4-22-14(8)13(20)15(9)23-7;/h3-5H,1-2,6H2,(H,16,17);/q;+1/p-1. The molecule has 0 atom stereocenters. The molecule has 0 aliphatic heterocycles. The van der Waals surface area contributed by atoms with Crippen LogP contribution in [0.5, 0.6) is 0 Å². The van der Waals surface area contributed by atoms with Crippen LogP contribution in [0.3, 0.4) is 0 Å². The molecule has 0 saturated heterocycles. The number of carbonyl (C=O) groups excluding carboxylic acids is 4. The van der Waals surface area contributed by atoms with E-state index in [1.54, 1.807) is 17.5 Å². The van der Waals surface area contributed by atoms with Gasteiger partial charge in [0.05, 0.1) is 16.2 Å². The van der Waals surface area contributed by atoms with Crippen LogP contribution >= 0.6 is 22.7 Å². The normalized spacial score (nSPS) is 12.2. The first kappa shape index (κ1) is 19.0. The molecular weight excluding hydrogens is 363 g/mol. The number of esters is 1. The Morgan fingerprint density at radius 3 is 2.54 bits per heavy atom. The number of rotatable bonds is 5. The predicted octanol–water partition coefficient (Wildman–Crippen LogP) is -1.84. The Morgan fingerprint density at radius 2 is 1.83 bits per heavy atom. The van der Waals surface area contributed by atoms with E-state index in [0.29, 0.717) is 25.8 Å². The van der Waals surface area contributed by atoms with E-state index in [1.165, 1.54) is 11.3 Å². The number of thiophene rings is 2. The number of carboxylic acid groups (broad SMARTS) is 1. The van der Waals surface area contributed by atoms with Gasteiger partial charge in [0.15, 0.2) is 5.78 Å². The number of ether oxygens (including phenoxy) is 1. The summed E-state index contributed by atoms with van der Waals surface area (Å²) in [5.74, 6) is -2.39. The van der Waals surface area contributed by atoms with Crippen LogP contribution in [0.4, 0.5) is 0 Å². The van der Waals surface area contributed by atoms with E-state index in [1.807, 2.05) is 0 Å². The van der Waals surface area contributed by atoms with Crippen molar-refractivity contribution >= 4 is 46.2 Å². The zero-order valence-corrected chi connectivity index (χ0v) is 16.3. The molecule has 0 amide bonds. The SMILES string of the molecule is O=C([O-])CCC(=O)OCc1cc2c(s1)C(=O)c1sccc1C2=O.[Na+]. The number of carboxylic acids is 1. The molecule has 24 heavy (non-hydrogen) atoms. The fourth-order valence-corrected chi connectivity index (χ4v) is 4.11. The summed E-state index contributed by atoms with van der Waals surface area (Å²) >= 11 is 2.34. The molecule has 0 aromatic carbocycles. The first-order valence-electron chi connectivity index (χ1n) is 6.62. The molecular formula is C15H9NaO6S2. The minimum atomic E-state index is -1.32. The molecule has 118 valence electrons. The second-order valence-electron chi connectivity index (χ2n) is 4.81. The topological polar surface area (TPSA) is 101 Å². The zero-order valence-electron chi connectivity index (χ0n) is 12.6. The van der Waals surface area contributed by atoms with Gasteiger partial charge in [-0.05, 0) is 23.9 Å². The van der Waals surface area contributed by atoms with Crippen LogP contribution in [-0.2, 0) is 20.9 Å². The van der Waals surface area contributed by atoms with E-state index < -0.39 is 18.4 Å². The van der Waals surface area contributed by atoms with Crippen molar-refractivity contribution < 1.29 is 58.6 Å². The molecule has 2 heterocycles. The monoisotopic (exact) mass is 372 g/mol. The third-order valence-corrected chi connectivity index (χ3v) is 5.28. The van der Waals surface area contributed by atoms with Crippen LogP contribution in [0, 0.1) is 0 Å². The maximum Gasteiger partial charge on any atom is 1.00 e. The fourth-order valence-electron chi connectivity index (χ4n) is 2.19. The molecule has 1 aliphatic rings. The Morgan fingerprint density at radius 1 is 1.08 bits per heavy atom. The Balaban J connectivity index is 0.00000208. The number of hydrogen-bond acceptors (Lipinski definition) is 8. The van der Waals surface area contributed by atoms with E-state index in [2.05, 4.69) is 0 Å². The molecule has 0 unspecified atom stereocenters. The molecule has 0 spiro atoms. The van der Waals surface area contributed by atoms with Crippen molar-refractivity contribution in [3.8, 4) is 0 Å². The summed E-state index contributed by atoms with van der Waals surface area (Å²) < 4.78 is 4.95. The van der Waals surface area contributed by atoms with Crippen molar-refractivity contribution in [3.05, 3.63) is 43.3 Å². The Hall–Kier alpha value is -1.32. The number of ketones is 2. The molecule has 6 nitrogen and oxygen atoms in total. The average Bonchev–Trinajstić information content (AvgIpc) is 3.15. The maximum absolute atomic E-state index is 12.3. The summed E-state index contributed by atoms with van der Waals surface area (Å²) in [7, 11) is 0. The molecule has 1 aliphatic carbocycles. The maximum atomic E-state index is 12.3. The quantitative estimate of drug-likeness (QED) is 0.386. The largest absolute Gasteiger partial charge is 1.00 e. The third kappa shape index (κ3) is 3.68. The molecule has 0 radical (unpaired) electrons. The van der Waals surface area contributed by atoms with Crippen LogP contribution in [0.1, 0.15) is 48.2 Å². The number of fused-ring (bicyclic) bond motifs is 2. The van der Waals surface area contributed by atoms with Crippen LogP contribution < -0.4 is 34.7 Å². The number of aliphatic carboxylic acids is 1. The van der Waals surface area contributed by atoms with Gasteiger partial charge < -0.3 is 14.6 Å². The van der Waals surface area contributed by atoms with Gasteiger partial charge in [-0.3, -0.25) is 14.4 Å². The van der Waals surface area contributed by atoms with Crippen molar-refractivity contribution in [3.63, 3.8) is 0 Å². The fraction of sp³-hybridized carbons (Fsp3) is 0.200. The van der Waals surface area contributed by atoms with Crippen molar-refractivity contribution in [1.82, 2.24) is 0 Å². The number of carbonyl (C=O) groups is 4. The van der Waals surface area contributed by atoms with Crippen molar-refractivity contribution in [1.29, 1.82) is 0 Å². The van der Waals surface area contributed by atoms with Gasteiger partial charge in [0.2, 0.25) is 5.78 Å². The van der Waals surface area contributed by atoms with Crippen LogP contribution in [0.2, 0.25) is 0 Å². The van der Waals surface area contributed by atoms with Crippen molar-refractivity contribution in [2.45, 2.75) is 19.4 Å². The van der Waals surface area contributed by atoms with Gasteiger partial charge in [0.1, 0.15) is 6.61 Å². The minimum Gasteiger partial charge on any atom is -0.550 e. The van der Waals surface area contributed by atoms with Crippen LogP contribution in [0.15, 0.2) is 17.5 Å². The van der Waals surface area contributed by atoms with Gasteiger partial charge in [-0.1, -0.05) is 0 Å². The molecule has 0 bridgehead atoms. The summed E-state index contributed by atoms with van der Waals surface area (Å²) in [4.78, 5) is 47.7. The van der Waals surface area contributed by atoms with Gasteiger partial charge in [-0.15, -0.1) is 22.7 Å². The zero-order chi connectivity index (χ0) is 16.6. The predicted molar refractivity (Wildman–Crippen MR) is 79.5 cm³/mol. The average molecular weight is 372 g/mol. The van der Waals surface area contributed by atoms with Crippen LogP contribution in [-0.4, -0.2) is 23.5 Å². The van der Waals surface area contributed by atoms with E-state index in [-0.39, 0.29) is 54.2 Å². The summed E-state index contributed by atoms with van der Waals surface area (Å²) in [5.41, 5.74) is 0.731. The molecule has 0 saturated carbocycles. The molecule has 9 heteroatoms. The van der Waals surface area contributed by atoms with Gasteiger partial charge in [-0.2, -0.15) is 0 Å². The molecule has 0 N–H and O–H groups in total. The first-order chi connectivity index (χ1) is 11.0. The molecule has 0 fully saturated rings. The van der Waals surface area contributed by atoms with Gasteiger partial charge in [0, 0.05) is 22.0 Å². The second kappa shape index (κ2) is 7.71. The Kier molecular flexibility index (Phi) is 6.11. The summed E-state index contributed by atoms with van der Waals surface area (Å²) in [5, 5.41) is 12.0. The minimum absolute atomic E-state index is 0. The second-order valence-corrected chi connectivity index (χ2v) is 6.86. The van der Waals surface area contributed by atoms with Gasteiger partial charge in [0.25, 0.3) is 0 Å². The van der Waals surface area contributed by atoms with E-state index in [0.717, 1.165) is 11.3 Å². The van der Waals surface area contributed by atoms with Crippen LogP contribution in [0.25, 0.3) is 0 Å². The summed E-state index contributed by atoms with van der Waals surface area (Å²) in [6, 6.07) is 3.17. The Bertz CT molecular complexity index is 787. The van der Waals surface area contributed by atoms with Crippen molar-refractivity contribution in [2.24, 2.45) is 0 Å². The molecule has 2 aromatic rings. The van der Waals surface area contributed by atoms with E-state index in [9.17, 15) is 24.3 Å². The smallest absolute Gasteiger partial charge is 0.550 e. The summed E-state index contributed by atoms with van der Waals surface area (Å²) in [6.45, 7) is -0.0994. The van der Waals surface area contributed by atoms with E-state index >= 15 is 0 Å². The molecule has 2 aromatic heterocycles. The third-order valence-electron chi connectivity index (χ3n) is 3.26. The van der Waals surface area contributed by atoms with Crippen molar-refractivity contribution in [2.75, 3.05) is 0 Å². The molecule has 3 rings (SSSR count). The van der Waals surface area contributed by atoms with Gasteiger partial charge >= 0.3 is 35.5 Å². The number of hydrogen-bond donors (Lipinski definition) is 0. The van der Waals surface area contributed by atoms with Gasteiger partial charge in [-0.25, -0.2) is 0 Å². The first-order valence-corrected chi connectivity index (χ1v) is 8.32.